The Labute approximate surface area is 395 Å². The summed E-state index contributed by atoms with van der Waals surface area (Å²) >= 11 is 1.58. The summed E-state index contributed by atoms with van der Waals surface area (Å²) in [6.45, 7) is 9.50. The molecule has 5 atom stereocenters. The highest BCUT2D eigenvalue weighted by atomic mass is 32.1. The van der Waals surface area contributed by atoms with Crippen molar-refractivity contribution in [2.45, 2.75) is 122 Å². The van der Waals surface area contributed by atoms with Gasteiger partial charge in [-0.1, -0.05) is 57.2 Å². The number of nitrogen functional groups attached to an aromatic ring is 1. The highest BCUT2D eigenvalue weighted by Crippen LogP contribution is 2.41. The molecular formula is C50H61N11O5S. The van der Waals surface area contributed by atoms with Crippen LogP contribution in [-0.4, -0.2) is 108 Å². The Kier molecular flexibility index (Phi) is 13.2. The molecule has 1 aliphatic carbocycles. The van der Waals surface area contributed by atoms with E-state index in [0.717, 1.165) is 90.6 Å². The predicted molar refractivity (Wildman–Crippen MR) is 258 cm³/mol. The number of rotatable bonds is 12. The Morgan fingerprint density at radius 2 is 1.66 bits per heavy atom. The number of nitrogens with two attached hydrogens (primary N) is 1. The molecule has 352 valence electrons. The minimum absolute atomic E-state index is 0.0221. The second-order valence-electron chi connectivity index (χ2n) is 19.9. The molecule has 3 aliphatic heterocycles. The third-order valence-corrected chi connectivity index (χ3v) is 15.1. The number of carbonyl (C=O) groups excluding carboxylic acids is 3. The maximum Gasteiger partial charge on any atom is 0.246 e. The molecule has 6 N–H and O–H groups in total. The molecule has 67 heavy (non-hydrogen) atoms. The molecule has 4 fully saturated rings. The van der Waals surface area contributed by atoms with Crippen LogP contribution >= 0.6 is 11.3 Å². The highest BCUT2D eigenvalue weighted by Gasteiger charge is 2.45. The number of hydrogen-bond donors (Lipinski definition) is 5. The molecule has 3 aromatic heterocycles. The number of nitrogens with one attached hydrogen (secondary N) is 2. The summed E-state index contributed by atoms with van der Waals surface area (Å²) in [6.07, 6.45) is 6.88. The number of phenols is 1. The number of aryl methyl sites for hydroxylation is 1. The van der Waals surface area contributed by atoms with Crippen LogP contribution in [0.2, 0.25) is 0 Å². The van der Waals surface area contributed by atoms with Gasteiger partial charge in [0.15, 0.2) is 5.82 Å². The number of likely N-dealkylation sites (tertiary alicyclic amines) is 1. The second kappa shape index (κ2) is 19.2. The summed E-state index contributed by atoms with van der Waals surface area (Å²) in [6, 6.07) is 17.7. The van der Waals surface area contributed by atoms with E-state index in [1.807, 2.05) is 87.9 Å². The number of aliphatic hydroxyl groups is 1. The molecule has 2 bridgehead atoms. The summed E-state index contributed by atoms with van der Waals surface area (Å²) in [5, 5.41) is 35.7. The lowest BCUT2D eigenvalue weighted by atomic mass is 9.79. The van der Waals surface area contributed by atoms with Gasteiger partial charge >= 0.3 is 0 Å². The summed E-state index contributed by atoms with van der Waals surface area (Å²) < 4.78 is 0. The average molecular weight is 928 g/mol. The molecule has 16 nitrogen and oxygen atoms in total. The number of fused-ring (bicyclic) bond motifs is 2. The number of β-amino-alcohol motifs (C(OH)–C–C–N with tert-alkyl or cyclic N) is 1. The van der Waals surface area contributed by atoms with Gasteiger partial charge in [-0.2, -0.15) is 0 Å². The Morgan fingerprint density at radius 1 is 0.925 bits per heavy atom. The molecule has 2 aromatic carbocycles. The quantitative estimate of drug-likeness (QED) is 0.0975. The van der Waals surface area contributed by atoms with Gasteiger partial charge in [-0.15, -0.1) is 21.5 Å². The second-order valence-corrected chi connectivity index (χ2v) is 20.7. The lowest BCUT2D eigenvalue weighted by Gasteiger charge is -2.43. The number of amides is 3. The molecule has 2 unspecified atom stereocenters. The third kappa shape index (κ3) is 9.94. The molecule has 1 saturated carbocycles. The zero-order chi connectivity index (χ0) is 47.0. The Morgan fingerprint density at radius 3 is 2.34 bits per heavy atom. The van der Waals surface area contributed by atoms with Gasteiger partial charge in [0.2, 0.25) is 17.7 Å². The first-order chi connectivity index (χ1) is 32.2. The number of nitrogens with zero attached hydrogens (tertiary/aromatic N) is 8. The van der Waals surface area contributed by atoms with Crippen molar-refractivity contribution in [2.75, 3.05) is 35.2 Å². The molecule has 3 saturated heterocycles. The molecular weight excluding hydrogens is 867 g/mol. The summed E-state index contributed by atoms with van der Waals surface area (Å²) in [5.41, 5.74) is 12.5. The maximum atomic E-state index is 14.3. The van der Waals surface area contributed by atoms with Crippen molar-refractivity contribution in [1.29, 1.82) is 0 Å². The van der Waals surface area contributed by atoms with Gasteiger partial charge in [0.1, 0.15) is 29.5 Å². The molecule has 3 amide bonds. The number of piperazine rings is 1. The zero-order valence-corrected chi connectivity index (χ0v) is 39.5. The smallest absolute Gasteiger partial charge is 0.246 e. The summed E-state index contributed by atoms with van der Waals surface area (Å²) in [5.74, 6) is 1.70. The monoisotopic (exact) mass is 927 g/mol. The van der Waals surface area contributed by atoms with Gasteiger partial charge in [-0.05, 0) is 92.2 Å². The fraction of sp³-hybridized carbons (Fsp3) is 0.480. The first kappa shape index (κ1) is 45.9. The number of para-hydroxylation sites is 1. The number of carbonyl (C=O) groups is 3. The molecule has 0 spiro atoms. The predicted octanol–water partition coefficient (Wildman–Crippen LogP) is 5.98. The van der Waals surface area contributed by atoms with E-state index in [1.165, 1.54) is 4.90 Å². The number of benzene rings is 2. The minimum atomic E-state index is -0.882. The molecule has 4 aliphatic rings. The van der Waals surface area contributed by atoms with E-state index in [0.29, 0.717) is 23.5 Å². The first-order valence-corrected chi connectivity index (χ1v) is 24.4. The SMILES string of the molecule is Cc1ncsc1-c1ccc(CNC(=O)[C@@H]2C[C@@H](O)CN2C(=O)[C@@H](NC(=O)CC2CCC(c3nccc(N4C5CCC4CN(c4cc(-c6ccccc6O)nnc4N)C5)n3)CC2)C(C)(C)C)cc1. The fourth-order valence-electron chi connectivity index (χ4n) is 10.5. The number of aromatic hydroxyl groups is 1. The number of hydrogen-bond acceptors (Lipinski definition) is 14. The van der Waals surface area contributed by atoms with Crippen molar-refractivity contribution in [2.24, 2.45) is 11.3 Å². The Hall–Kier alpha value is -6.20. The normalized spacial score (nSPS) is 23.3. The van der Waals surface area contributed by atoms with Gasteiger partial charge in [-0.25, -0.2) is 15.0 Å². The van der Waals surface area contributed by atoms with Gasteiger partial charge < -0.3 is 41.3 Å². The summed E-state index contributed by atoms with van der Waals surface area (Å²) in [4.78, 5) is 63.1. The molecule has 5 aromatic rings. The van der Waals surface area contributed by atoms with Crippen molar-refractivity contribution < 1.29 is 24.6 Å². The van der Waals surface area contributed by atoms with Crippen LogP contribution in [0.15, 0.2) is 72.4 Å². The Bertz CT molecular complexity index is 2580. The molecule has 17 heteroatoms. The number of aromatic nitrogens is 5. The van der Waals surface area contributed by atoms with Crippen LogP contribution in [0.1, 0.15) is 95.1 Å². The molecule has 0 radical (unpaired) electrons. The van der Waals surface area contributed by atoms with Crippen LogP contribution in [0.3, 0.4) is 0 Å². The van der Waals surface area contributed by atoms with Gasteiger partial charge in [0.05, 0.1) is 33.6 Å². The zero-order valence-electron chi connectivity index (χ0n) is 38.6. The van der Waals surface area contributed by atoms with E-state index in [9.17, 15) is 24.6 Å². The summed E-state index contributed by atoms with van der Waals surface area (Å²) in [7, 11) is 0. The van der Waals surface area contributed by atoms with Crippen molar-refractivity contribution in [3.8, 4) is 27.4 Å². The van der Waals surface area contributed by atoms with E-state index in [1.54, 1.807) is 23.5 Å². The van der Waals surface area contributed by atoms with Gasteiger partial charge in [0, 0.05) is 68.8 Å². The number of anilines is 3. The van der Waals surface area contributed by atoms with Crippen molar-refractivity contribution in [3.05, 3.63) is 89.5 Å². The minimum Gasteiger partial charge on any atom is -0.507 e. The van der Waals surface area contributed by atoms with Gasteiger partial charge in [0.25, 0.3) is 0 Å². The first-order valence-electron chi connectivity index (χ1n) is 23.5. The number of phenolic OH excluding ortho intramolecular Hbond substituents is 1. The fourth-order valence-corrected chi connectivity index (χ4v) is 11.3. The van der Waals surface area contributed by atoms with E-state index in [-0.39, 0.29) is 66.9 Å². The lowest BCUT2D eigenvalue weighted by Crippen LogP contribution is -2.57. The van der Waals surface area contributed by atoms with Crippen molar-refractivity contribution in [3.63, 3.8) is 0 Å². The van der Waals surface area contributed by atoms with E-state index < -0.39 is 23.6 Å². The largest absolute Gasteiger partial charge is 0.507 e. The average Bonchev–Trinajstić information content (AvgIpc) is 4.01. The van der Waals surface area contributed by atoms with Crippen LogP contribution in [-0.2, 0) is 20.9 Å². The topological polar surface area (TPSA) is 216 Å². The van der Waals surface area contributed by atoms with Crippen LogP contribution in [0.25, 0.3) is 21.7 Å². The van der Waals surface area contributed by atoms with Crippen LogP contribution in [0.4, 0.5) is 17.3 Å². The number of thiazole rings is 1. The molecule has 6 heterocycles. The Balaban J connectivity index is 0.778. The van der Waals surface area contributed by atoms with Crippen LogP contribution < -0.4 is 26.2 Å². The van der Waals surface area contributed by atoms with E-state index in [2.05, 4.69) is 35.6 Å². The standard InChI is InChI=1S/C50H61N11O5S/c1-29-44(67-28-54-29)32-13-11-31(12-14-32)24-53-48(65)40-22-36(62)27-60(40)49(66)45(50(2,3)4)56-43(64)21-30-9-15-33(16-10-30)47-52-20-19-42(55-47)61-34-17-18-35(61)26-59(25-34)39-23-38(57-58-46(39)51)37-7-5-6-8-41(37)63/h5-8,11-14,19-20,23,28,30,33-36,40,45,62-63H,9-10,15-18,21-22,24-27H2,1-4H3,(H2,51,58)(H,53,65)(H,56,64)/t30?,33?,34?,35?,36-,40+,45-/m1/s1. The van der Waals surface area contributed by atoms with Crippen molar-refractivity contribution >= 4 is 46.4 Å². The highest BCUT2D eigenvalue weighted by molar-refractivity contribution is 7.13. The molecule has 9 rings (SSSR count). The lowest BCUT2D eigenvalue weighted by molar-refractivity contribution is -0.144. The van der Waals surface area contributed by atoms with E-state index in [4.69, 9.17) is 15.7 Å². The van der Waals surface area contributed by atoms with E-state index >= 15 is 0 Å². The third-order valence-electron chi connectivity index (χ3n) is 14.1. The van der Waals surface area contributed by atoms with Crippen LogP contribution in [0.5, 0.6) is 5.75 Å². The maximum absolute atomic E-state index is 14.3. The van der Waals surface area contributed by atoms with Crippen molar-refractivity contribution in [1.82, 2.24) is 40.7 Å². The van der Waals surface area contributed by atoms with Crippen LogP contribution in [0, 0.1) is 18.3 Å². The number of aliphatic hydroxyl groups excluding tert-OH is 1. The van der Waals surface area contributed by atoms with Gasteiger partial charge in [-0.3, -0.25) is 14.4 Å².